The standard InChI is InChI=1S/C14H19ClN2O/c15-12-1-4-14(11(9-12)10-18)17-7-5-16(6-8-17)13-2-3-13/h1,4,9,13,18H,2-3,5-8,10H2. The third kappa shape index (κ3) is 2.48. The van der Waals surface area contributed by atoms with Crippen LogP contribution in [0.5, 0.6) is 0 Å². The molecule has 98 valence electrons. The number of piperazine rings is 1. The van der Waals surface area contributed by atoms with Gasteiger partial charge in [0.05, 0.1) is 6.61 Å². The zero-order valence-electron chi connectivity index (χ0n) is 10.5. The molecule has 1 saturated carbocycles. The summed E-state index contributed by atoms with van der Waals surface area (Å²) in [6.45, 7) is 4.42. The van der Waals surface area contributed by atoms with Crippen LogP contribution in [0.25, 0.3) is 0 Å². The van der Waals surface area contributed by atoms with Gasteiger partial charge in [-0.05, 0) is 31.0 Å². The molecule has 1 aliphatic heterocycles. The summed E-state index contributed by atoms with van der Waals surface area (Å²) in [4.78, 5) is 4.95. The Hall–Kier alpha value is -0.770. The molecule has 3 rings (SSSR count). The predicted molar refractivity (Wildman–Crippen MR) is 74.2 cm³/mol. The zero-order chi connectivity index (χ0) is 12.5. The van der Waals surface area contributed by atoms with Crippen molar-refractivity contribution >= 4 is 17.3 Å². The quantitative estimate of drug-likeness (QED) is 0.908. The van der Waals surface area contributed by atoms with Crippen LogP contribution >= 0.6 is 11.6 Å². The van der Waals surface area contributed by atoms with Crippen molar-refractivity contribution in [3.63, 3.8) is 0 Å². The highest BCUT2D eigenvalue weighted by molar-refractivity contribution is 6.30. The van der Waals surface area contributed by atoms with E-state index >= 15 is 0 Å². The van der Waals surface area contributed by atoms with Crippen LogP contribution in [-0.4, -0.2) is 42.2 Å². The third-order valence-corrected chi connectivity index (χ3v) is 4.17. The molecule has 3 nitrogen and oxygen atoms in total. The molecule has 2 fully saturated rings. The van der Waals surface area contributed by atoms with Gasteiger partial charge in [0.15, 0.2) is 0 Å². The maximum atomic E-state index is 9.43. The van der Waals surface area contributed by atoms with Crippen LogP contribution in [0.2, 0.25) is 5.02 Å². The van der Waals surface area contributed by atoms with Gasteiger partial charge in [-0.15, -0.1) is 0 Å². The number of rotatable bonds is 3. The van der Waals surface area contributed by atoms with Crippen molar-refractivity contribution in [2.24, 2.45) is 0 Å². The SMILES string of the molecule is OCc1cc(Cl)ccc1N1CCN(C2CC2)CC1. The van der Waals surface area contributed by atoms with Gasteiger partial charge in [0.25, 0.3) is 0 Å². The highest BCUT2D eigenvalue weighted by Crippen LogP contribution is 2.30. The lowest BCUT2D eigenvalue weighted by molar-refractivity contribution is 0.246. The number of nitrogens with zero attached hydrogens (tertiary/aromatic N) is 2. The van der Waals surface area contributed by atoms with Crippen molar-refractivity contribution in [3.8, 4) is 0 Å². The van der Waals surface area contributed by atoms with E-state index in [1.165, 1.54) is 12.8 Å². The van der Waals surface area contributed by atoms with Gasteiger partial charge < -0.3 is 10.0 Å². The maximum Gasteiger partial charge on any atom is 0.0702 e. The fraction of sp³-hybridized carbons (Fsp3) is 0.571. The van der Waals surface area contributed by atoms with Crippen LogP contribution in [0.3, 0.4) is 0 Å². The van der Waals surface area contributed by atoms with Crippen LogP contribution in [0.4, 0.5) is 5.69 Å². The molecule has 0 spiro atoms. The van der Waals surface area contributed by atoms with Crippen LogP contribution in [0.15, 0.2) is 18.2 Å². The van der Waals surface area contributed by atoms with Crippen LogP contribution in [0, 0.1) is 0 Å². The molecule has 0 bridgehead atoms. The highest BCUT2D eigenvalue weighted by atomic mass is 35.5. The number of aliphatic hydroxyl groups is 1. The molecule has 1 N–H and O–H groups in total. The number of anilines is 1. The second kappa shape index (κ2) is 5.08. The summed E-state index contributed by atoms with van der Waals surface area (Å²) in [5.74, 6) is 0. The average Bonchev–Trinajstić information content (AvgIpc) is 3.23. The lowest BCUT2D eigenvalue weighted by Gasteiger charge is -2.37. The fourth-order valence-corrected chi connectivity index (χ4v) is 2.95. The highest BCUT2D eigenvalue weighted by Gasteiger charge is 2.31. The van der Waals surface area contributed by atoms with Crippen molar-refractivity contribution in [1.82, 2.24) is 4.90 Å². The molecular formula is C14H19ClN2O. The van der Waals surface area contributed by atoms with Gasteiger partial charge in [0, 0.05) is 48.5 Å². The molecule has 18 heavy (non-hydrogen) atoms. The van der Waals surface area contributed by atoms with E-state index in [1.807, 2.05) is 18.2 Å². The van der Waals surface area contributed by atoms with E-state index in [4.69, 9.17) is 11.6 Å². The van der Waals surface area contributed by atoms with Gasteiger partial charge in [0.1, 0.15) is 0 Å². The van der Waals surface area contributed by atoms with Gasteiger partial charge in [-0.3, -0.25) is 4.90 Å². The molecule has 0 atom stereocenters. The maximum absolute atomic E-state index is 9.43. The summed E-state index contributed by atoms with van der Waals surface area (Å²) >= 11 is 5.97. The Morgan fingerprint density at radius 1 is 1.17 bits per heavy atom. The molecule has 1 heterocycles. The molecule has 4 heteroatoms. The molecule has 0 amide bonds. The summed E-state index contributed by atoms with van der Waals surface area (Å²) < 4.78 is 0. The van der Waals surface area contributed by atoms with Gasteiger partial charge in [-0.1, -0.05) is 11.6 Å². The Morgan fingerprint density at radius 2 is 1.89 bits per heavy atom. The first-order valence-electron chi connectivity index (χ1n) is 6.66. The van der Waals surface area contributed by atoms with E-state index in [2.05, 4.69) is 9.80 Å². The molecule has 0 aromatic heterocycles. The average molecular weight is 267 g/mol. The monoisotopic (exact) mass is 266 g/mol. The van der Waals surface area contributed by atoms with Crippen LogP contribution in [-0.2, 0) is 6.61 Å². The fourth-order valence-electron chi connectivity index (χ4n) is 2.76. The molecule has 2 aliphatic rings. The summed E-state index contributed by atoms with van der Waals surface area (Å²) in [5.41, 5.74) is 2.07. The van der Waals surface area contributed by atoms with E-state index in [0.29, 0.717) is 5.02 Å². The molecule has 1 saturated heterocycles. The van der Waals surface area contributed by atoms with E-state index < -0.39 is 0 Å². The summed E-state index contributed by atoms with van der Waals surface area (Å²) in [5, 5.41) is 10.1. The predicted octanol–water partition coefficient (Wildman–Crippen LogP) is 2.12. The van der Waals surface area contributed by atoms with E-state index in [9.17, 15) is 5.11 Å². The first-order chi connectivity index (χ1) is 8.78. The Balaban J connectivity index is 1.71. The summed E-state index contributed by atoms with van der Waals surface area (Å²) in [7, 11) is 0. The minimum atomic E-state index is 0.0543. The van der Waals surface area contributed by atoms with E-state index in [1.54, 1.807) is 0 Å². The second-order valence-electron chi connectivity index (χ2n) is 5.19. The molecule has 1 aliphatic carbocycles. The first-order valence-corrected chi connectivity index (χ1v) is 7.04. The minimum absolute atomic E-state index is 0.0543. The topological polar surface area (TPSA) is 26.7 Å². The Morgan fingerprint density at radius 3 is 2.50 bits per heavy atom. The van der Waals surface area contributed by atoms with Gasteiger partial charge in [0.2, 0.25) is 0 Å². The van der Waals surface area contributed by atoms with E-state index in [-0.39, 0.29) is 6.61 Å². The molecule has 0 unspecified atom stereocenters. The summed E-state index contributed by atoms with van der Waals surface area (Å²) in [6, 6.07) is 6.66. The normalized spacial score (nSPS) is 21.3. The summed E-state index contributed by atoms with van der Waals surface area (Å²) in [6.07, 6.45) is 2.76. The third-order valence-electron chi connectivity index (χ3n) is 3.93. The number of benzene rings is 1. The zero-order valence-corrected chi connectivity index (χ0v) is 11.2. The van der Waals surface area contributed by atoms with Crippen molar-refractivity contribution in [2.45, 2.75) is 25.5 Å². The number of aliphatic hydroxyl groups excluding tert-OH is 1. The van der Waals surface area contributed by atoms with Crippen molar-refractivity contribution in [2.75, 3.05) is 31.1 Å². The van der Waals surface area contributed by atoms with Gasteiger partial charge in [-0.25, -0.2) is 0 Å². The number of hydrogen-bond donors (Lipinski definition) is 1. The smallest absolute Gasteiger partial charge is 0.0702 e. The Labute approximate surface area is 113 Å². The van der Waals surface area contributed by atoms with Gasteiger partial charge in [-0.2, -0.15) is 0 Å². The molecule has 1 aromatic carbocycles. The van der Waals surface area contributed by atoms with Crippen molar-refractivity contribution in [1.29, 1.82) is 0 Å². The van der Waals surface area contributed by atoms with Crippen LogP contribution < -0.4 is 4.90 Å². The van der Waals surface area contributed by atoms with Crippen LogP contribution in [0.1, 0.15) is 18.4 Å². The second-order valence-corrected chi connectivity index (χ2v) is 5.62. The molecular weight excluding hydrogens is 248 g/mol. The lowest BCUT2D eigenvalue weighted by Crippen LogP contribution is -2.47. The van der Waals surface area contributed by atoms with Crippen molar-refractivity contribution in [3.05, 3.63) is 28.8 Å². The number of halogens is 1. The van der Waals surface area contributed by atoms with Crippen molar-refractivity contribution < 1.29 is 5.11 Å². The van der Waals surface area contributed by atoms with Gasteiger partial charge >= 0.3 is 0 Å². The lowest BCUT2D eigenvalue weighted by atomic mass is 10.1. The molecule has 0 radical (unpaired) electrons. The van der Waals surface area contributed by atoms with E-state index in [0.717, 1.165) is 43.5 Å². The first kappa shape index (κ1) is 12.3. The Kier molecular flexibility index (Phi) is 3.46. The Bertz CT molecular complexity index is 426. The minimum Gasteiger partial charge on any atom is -0.392 e. The largest absolute Gasteiger partial charge is 0.392 e. The number of hydrogen-bond acceptors (Lipinski definition) is 3. The molecule has 1 aromatic rings.